The number of nitrogens with one attached hydrogen (secondary N) is 1. The van der Waals surface area contributed by atoms with E-state index >= 15 is 0 Å². The van der Waals surface area contributed by atoms with Gasteiger partial charge in [-0.05, 0) is 49.6 Å². The Bertz CT molecular complexity index is 860. The average molecular weight is 346 g/mol. The number of benzene rings is 2. The third kappa shape index (κ3) is 4.14. The van der Waals surface area contributed by atoms with Gasteiger partial charge in [0.05, 0.1) is 11.9 Å². The minimum atomic E-state index is -3.58. The number of sulfonamides is 1. The number of carbonyl (C=O) groups excluding carboxylic acids is 1. The molecule has 24 heavy (non-hydrogen) atoms. The summed E-state index contributed by atoms with van der Waals surface area (Å²) in [6, 6.07) is 12.8. The van der Waals surface area contributed by atoms with Gasteiger partial charge in [-0.25, -0.2) is 8.42 Å². The third-order valence-corrected chi connectivity index (χ3v) is 5.08. The van der Waals surface area contributed by atoms with Gasteiger partial charge in [0.15, 0.2) is 0 Å². The highest BCUT2D eigenvalue weighted by molar-refractivity contribution is 7.92. The van der Waals surface area contributed by atoms with E-state index in [2.05, 4.69) is 5.32 Å². The highest BCUT2D eigenvalue weighted by atomic mass is 32.2. The summed E-state index contributed by atoms with van der Waals surface area (Å²) in [5.41, 5.74) is 3.94. The number of amides is 1. The highest BCUT2D eigenvalue weighted by Gasteiger charge is 2.23. The third-order valence-electron chi connectivity index (χ3n) is 3.95. The summed E-state index contributed by atoms with van der Waals surface area (Å²) in [6.07, 6.45) is 1.11. The largest absolute Gasteiger partial charge is 0.324 e. The molecule has 0 unspecified atom stereocenters. The van der Waals surface area contributed by atoms with Crippen LogP contribution >= 0.6 is 0 Å². The quantitative estimate of drug-likeness (QED) is 0.905. The predicted molar refractivity (Wildman–Crippen MR) is 97.9 cm³/mol. The molecule has 1 amide bonds. The normalized spacial score (nSPS) is 11.2. The molecule has 0 aliphatic heterocycles. The van der Waals surface area contributed by atoms with Gasteiger partial charge in [0, 0.05) is 5.69 Å². The number of hydrogen-bond donors (Lipinski definition) is 1. The zero-order valence-electron chi connectivity index (χ0n) is 14.3. The van der Waals surface area contributed by atoms with Crippen LogP contribution in [0.5, 0.6) is 0 Å². The fourth-order valence-corrected chi connectivity index (χ4v) is 3.33. The molecular weight excluding hydrogens is 324 g/mol. The van der Waals surface area contributed by atoms with E-state index in [9.17, 15) is 13.2 Å². The van der Waals surface area contributed by atoms with Gasteiger partial charge < -0.3 is 5.32 Å². The van der Waals surface area contributed by atoms with Crippen LogP contribution in [0.1, 0.15) is 16.7 Å². The van der Waals surface area contributed by atoms with Crippen LogP contribution < -0.4 is 9.62 Å². The highest BCUT2D eigenvalue weighted by Crippen LogP contribution is 2.25. The van der Waals surface area contributed by atoms with Crippen LogP contribution in [0.4, 0.5) is 11.4 Å². The molecule has 0 aliphatic carbocycles. The van der Waals surface area contributed by atoms with Crippen LogP contribution in [0, 0.1) is 20.8 Å². The van der Waals surface area contributed by atoms with Gasteiger partial charge in [0.2, 0.25) is 15.9 Å². The minimum absolute atomic E-state index is 0.266. The van der Waals surface area contributed by atoms with Crippen LogP contribution in [-0.4, -0.2) is 27.1 Å². The molecule has 0 saturated carbocycles. The molecule has 2 rings (SSSR count). The first-order chi connectivity index (χ1) is 11.2. The first-order valence-corrected chi connectivity index (χ1v) is 9.44. The van der Waals surface area contributed by atoms with E-state index in [1.54, 1.807) is 18.2 Å². The predicted octanol–water partition coefficient (Wildman–Crippen LogP) is 3.02. The van der Waals surface area contributed by atoms with Crippen LogP contribution in [0.3, 0.4) is 0 Å². The lowest BCUT2D eigenvalue weighted by Gasteiger charge is -2.24. The molecule has 0 heterocycles. The van der Waals surface area contributed by atoms with Crippen molar-refractivity contribution < 1.29 is 13.2 Å². The van der Waals surface area contributed by atoms with E-state index in [1.165, 1.54) is 0 Å². The molecule has 0 fully saturated rings. The fourth-order valence-electron chi connectivity index (χ4n) is 2.42. The first-order valence-electron chi connectivity index (χ1n) is 7.59. The molecule has 2 aromatic rings. The Morgan fingerprint density at radius 2 is 1.62 bits per heavy atom. The van der Waals surface area contributed by atoms with Gasteiger partial charge in [-0.1, -0.05) is 30.3 Å². The molecule has 1 N–H and O–H groups in total. The van der Waals surface area contributed by atoms with E-state index in [-0.39, 0.29) is 12.5 Å². The Morgan fingerprint density at radius 3 is 2.25 bits per heavy atom. The van der Waals surface area contributed by atoms with Gasteiger partial charge in [-0.15, -0.1) is 0 Å². The van der Waals surface area contributed by atoms with Crippen LogP contribution in [0.25, 0.3) is 0 Å². The Balaban J connectivity index is 2.29. The lowest BCUT2D eigenvalue weighted by molar-refractivity contribution is -0.114. The number of carbonyl (C=O) groups is 1. The zero-order valence-corrected chi connectivity index (χ0v) is 15.1. The number of aryl methyl sites for hydroxylation is 2. The average Bonchev–Trinajstić information content (AvgIpc) is 2.49. The standard InChI is InChI=1S/C18H22N2O3S/c1-13-9-7-11-17(15(13)3)20(24(4,22)23)12-18(21)19-16-10-6-5-8-14(16)2/h5-11H,12H2,1-4H3,(H,19,21). The summed E-state index contributed by atoms with van der Waals surface area (Å²) in [6.45, 7) is 5.38. The maximum absolute atomic E-state index is 12.4. The molecule has 0 aromatic heterocycles. The van der Waals surface area contributed by atoms with Crippen LogP contribution in [0.15, 0.2) is 42.5 Å². The Kier molecular flexibility index (Phi) is 5.29. The smallest absolute Gasteiger partial charge is 0.245 e. The molecular formula is C18H22N2O3S. The number of anilines is 2. The number of rotatable bonds is 5. The molecule has 0 bridgehead atoms. The van der Waals surface area contributed by atoms with Crippen LogP contribution in [-0.2, 0) is 14.8 Å². The molecule has 2 aromatic carbocycles. The summed E-state index contributed by atoms with van der Waals surface area (Å²) in [4.78, 5) is 12.4. The monoisotopic (exact) mass is 346 g/mol. The molecule has 6 heteroatoms. The topological polar surface area (TPSA) is 66.5 Å². The number of para-hydroxylation sites is 1. The maximum Gasteiger partial charge on any atom is 0.245 e. The van der Waals surface area contributed by atoms with Crippen molar-refractivity contribution in [1.82, 2.24) is 0 Å². The van der Waals surface area contributed by atoms with Crippen molar-refractivity contribution >= 4 is 27.3 Å². The molecule has 0 spiro atoms. The van der Waals surface area contributed by atoms with Crippen molar-refractivity contribution in [2.75, 3.05) is 22.4 Å². The van der Waals surface area contributed by atoms with Gasteiger partial charge in [-0.2, -0.15) is 0 Å². The SMILES string of the molecule is Cc1ccccc1NC(=O)CN(c1cccc(C)c1C)S(C)(=O)=O. The Labute approximate surface area is 143 Å². The van der Waals surface area contributed by atoms with Crippen molar-refractivity contribution in [3.8, 4) is 0 Å². The summed E-state index contributed by atoms with van der Waals surface area (Å²) in [5.74, 6) is -0.379. The van der Waals surface area contributed by atoms with E-state index in [0.29, 0.717) is 11.4 Å². The Morgan fingerprint density at radius 1 is 1.00 bits per heavy atom. The summed E-state index contributed by atoms with van der Waals surface area (Å²) in [5, 5.41) is 2.77. The van der Waals surface area contributed by atoms with Gasteiger partial charge in [0.1, 0.15) is 6.54 Å². The molecule has 0 saturated heterocycles. The second-order valence-corrected chi connectivity index (χ2v) is 7.76. The van der Waals surface area contributed by atoms with Gasteiger partial charge >= 0.3 is 0 Å². The first kappa shape index (κ1) is 18.0. The molecule has 128 valence electrons. The molecule has 0 radical (unpaired) electrons. The summed E-state index contributed by atoms with van der Waals surface area (Å²) in [7, 11) is -3.58. The zero-order chi connectivity index (χ0) is 17.9. The number of hydrogen-bond acceptors (Lipinski definition) is 3. The van der Waals surface area contributed by atoms with Gasteiger partial charge in [-0.3, -0.25) is 9.10 Å². The second-order valence-electron chi connectivity index (χ2n) is 5.85. The van der Waals surface area contributed by atoms with E-state index in [4.69, 9.17) is 0 Å². The van der Waals surface area contributed by atoms with E-state index in [1.807, 2.05) is 45.0 Å². The van der Waals surface area contributed by atoms with Crippen molar-refractivity contribution in [3.63, 3.8) is 0 Å². The molecule has 0 atom stereocenters. The van der Waals surface area contributed by atoms with E-state index < -0.39 is 10.0 Å². The lowest BCUT2D eigenvalue weighted by Crippen LogP contribution is -2.38. The maximum atomic E-state index is 12.4. The summed E-state index contributed by atoms with van der Waals surface area (Å²) >= 11 is 0. The van der Waals surface area contributed by atoms with E-state index in [0.717, 1.165) is 27.3 Å². The molecule has 0 aliphatic rings. The van der Waals surface area contributed by atoms with Crippen molar-refractivity contribution in [1.29, 1.82) is 0 Å². The van der Waals surface area contributed by atoms with Crippen LogP contribution in [0.2, 0.25) is 0 Å². The Hall–Kier alpha value is -2.34. The van der Waals surface area contributed by atoms with Crippen molar-refractivity contribution in [2.24, 2.45) is 0 Å². The van der Waals surface area contributed by atoms with Crippen molar-refractivity contribution in [3.05, 3.63) is 59.2 Å². The van der Waals surface area contributed by atoms with Crippen molar-refractivity contribution in [2.45, 2.75) is 20.8 Å². The van der Waals surface area contributed by atoms with Gasteiger partial charge in [0.25, 0.3) is 0 Å². The fraction of sp³-hybridized carbons (Fsp3) is 0.278. The minimum Gasteiger partial charge on any atom is -0.324 e. The number of nitrogens with zero attached hydrogens (tertiary/aromatic N) is 1. The second kappa shape index (κ2) is 7.05. The summed E-state index contributed by atoms with van der Waals surface area (Å²) < 4.78 is 25.5. The lowest BCUT2D eigenvalue weighted by atomic mass is 10.1. The molecule has 5 nitrogen and oxygen atoms in total.